The molecule has 0 spiro atoms. The summed E-state index contributed by atoms with van der Waals surface area (Å²) < 4.78 is 32.8. The monoisotopic (exact) mass is 1110 g/mol. The molecule has 22 nitrogen and oxygen atoms in total. The molecule has 3 aromatic carbocycles. The Morgan fingerprint density at radius 1 is 0.864 bits per heavy atom. The molecular weight excluding hydrogens is 1050 g/mol. The maximum atomic E-state index is 15.4. The highest BCUT2D eigenvalue weighted by Gasteiger charge is 2.46. The summed E-state index contributed by atoms with van der Waals surface area (Å²) in [4.78, 5) is 134. The number of amides is 7. The number of aryl methyl sites for hydroxylation is 1. The van der Waals surface area contributed by atoms with Crippen molar-refractivity contribution in [2.75, 3.05) is 33.0 Å². The van der Waals surface area contributed by atoms with Crippen molar-refractivity contribution in [3.63, 3.8) is 0 Å². The Hall–Kier alpha value is -8.96. The normalized spacial score (nSPS) is 16.9. The van der Waals surface area contributed by atoms with Crippen LogP contribution in [-0.4, -0.2) is 112 Å². The standard InChI is InChI=1S/C58H59FN8O14/c1-3-58(78)39-23-44-53-37(27-67(44)56(76)38(39)29-81-57(58)77)52-41(18-17-36-32(2)40(59)24-42(64-53)51(36)52)65-54(74)35-15-13-34(14-16-35)28-79-31-62-46(69)25-61-55(75)43(22-33-10-6-4-7-11-33)63-47(70)30-80-50(73)26-60-45(68)12-8-5-9-21-66-48(71)19-20-49(66)72/h4,6-7,10-11,13-16,19-20,23-24,41,43,78H,3,5,8-9,12,17-18,21-22,25-31H2,1-2H3,(H,60,68)(H,61,75)(H,62,69)(H,63,70)(H,65,74)/t41-,43-,58-/m0/s1. The summed E-state index contributed by atoms with van der Waals surface area (Å²) >= 11 is 0. The maximum Gasteiger partial charge on any atom is 0.343 e. The Labute approximate surface area is 462 Å². The molecule has 81 heavy (non-hydrogen) atoms. The van der Waals surface area contributed by atoms with E-state index in [0.717, 1.165) is 10.5 Å². The number of esters is 2. The van der Waals surface area contributed by atoms with Gasteiger partial charge >= 0.3 is 11.9 Å². The second-order valence-corrected chi connectivity index (χ2v) is 20.1. The minimum atomic E-state index is -2.04. The average Bonchev–Trinajstić information content (AvgIpc) is 4.09. The van der Waals surface area contributed by atoms with E-state index in [-0.39, 0.29) is 75.2 Å². The van der Waals surface area contributed by atoms with Crippen molar-refractivity contribution in [2.45, 2.75) is 103 Å². The summed E-state index contributed by atoms with van der Waals surface area (Å²) in [7, 11) is 0. The van der Waals surface area contributed by atoms with E-state index >= 15 is 4.39 Å². The summed E-state index contributed by atoms with van der Waals surface area (Å²) in [6.07, 6.45) is 4.89. The second-order valence-electron chi connectivity index (χ2n) is 20.1. The van der Waals surface area contributed by atoms with Crippen LogP contribution in [0.2, 0.25) is 0 Å². The van der Waals surface area contributed by atoms with Gasteiger partial charge in [0.1, 0.15) is 31.7 Å². The Morgan fingerprint density at radius 3 is 2.36 bits per heavy atom. The third-order valence-electron chi connectivity index (χ3n) is 14.9. The Kier molecular flexibility index (Phi) is 17.2. The summed E-state index contributed by atoms with van der Waals surface area (Å²) in [5.74, 6) is -5.86. The molecule has 2 aromatic heterocycles. The number of halogens is 1. The quantitative estimate of drug-likeness (QED) is 0.0233. The fourth-order valence-electron chi connectivity index (χ4n) is 10.5. The number of imide groups is 1. The molecule has 0 bridgehead atoms. The fourth-order valence-corrected chi connectivity index (χ4v) is 10.5. The summed E-state index contributed by atoms with van der Waals surface area (Å²) in [5.41, 5.74) is 3.23. The first kappa shape index (κ1) is 56.7. The molecule has 0 radical (unpaired) electrons. The smallest absolute Gasteiger partial charge is 0.343 e. The number of fused-ring (bicyclic) bond motifs is 5. The highest BCUT2D eigenvalue weighted by Crippen LogP contribution is 2.46. The van der Waals surface area contributed by atoms with Crippen LogP contribution in [0.4, 0.5) is 4.39 Å². The lowest BCUT2D eigenvalue weighted by atomic mass is 9.81. The van der Waals surface area contributed by atoms with Gasteiger partial charge in [-0.2, -0.15) is 0 Å². The van der Waals surface area contributed by atoms with Gasteiger partial charge in [0.05, 0.1) is 48.2 Å². The molecule has 0 saturated carbocycles. The van der Waals surface area contributed by atoms with Gasteiger partial charge < -0.3 is 50.5 Å². The number of rotatable bonds is 23. The average molecular weight is 1110 g/mol. The minimum absolute atomic E-state index is 0.0346. The van der Waals surface area contributed by atoms with Crippen molar-refractivity contribution in [2.24, 2.45) is 0 Å². The number of nitrogens with zero attached hydrogens (tertiary/aromatic N) is 3. The molecule has 5 heterocycles. The van der Waals surface area contributed by atoms with E-state index in [0.29, 0.717) is 87.8 Å². The van der Waals surface area contributed by atoms with Crippen molar-refractivity contribution in [1.82, 2.24) is 41.0 Å². The number of carbonyl (C=O) groups excluding carboxylic acids is 9. The number of benzene rings is 3. The molecular formula is C58H59FN8O14. The fraction of sp³-hybridized carbons (Fsp3) is 0.362. The zero-order valence-corrected chi connectivity index (χ0v) is 44.4. The Morgan fingerprint density at radius 2 is 1.62 bits per heavy atom. The van der Waals surface area contributed by atoms with E-state index in [4.69, 9.17) is 19.2 Å². The van der Waals surface area contributed by atoms with Crippen LogP contribution >= 0.6 is 0 Å². The van der Waals surface area contributed by atoms with Gasteiger partial charge in [0.2, 0.25) is 17.7 Å². The number of ether oxygens (including phenoxy) is 3. The Balaban J connectivity index is 0.734. The van der Waals surface area contributed by atoms with Crippen LogP contribution in [0.1, 0.15) is 106 Å². The molecule has 3 atom stereocenters. The molecule has 1 aliphatic carbocycles. The number of pyridine rings is 2. The molecule has 23 heteroatoms. The van der Waals surface area contributed by atoms with E-state index in [9.17, 15) is 53.1 Å². The van der Waals surface area contributed by atoms with Crippen LogP contribution in [0.15, 0.2) is 83.7 Å². The van der Waals surface area contributed by atoms with Crippen molar-refractivity contribution < 1.29 is 66.9 Å². The lowest BCUT2D eigenvalue weighted by Crippen LogP contribution is -2.51. The SMILES string of the molecule is CC[C@@]1(O)C(=O)OCc2c1cc1n(c2=O)Cc2c-1nc1cc(F)c(C)c3c1c2[C@@H](NC(=O)c1ccc(COCNC(=O)CNC(=O)[C@H](Cc2ccccc2)NC(=O)COC(=O)CNC(=O)CCCCCN2C(=O)C=CC2=O)cc1)CC3. The van der Waals surface area contributed by atoms with Crippen LogP contribution in [0.25, 0.3) is 22.3 Å². The third-order valence-corrected chi connectivity index (χ3v) is 14.9. The zero-order valence-electron chi connectivity index (χ0n) is 44.4. The number of cyclic esters (lactones) is 1. The molecule has 0 unspecified atom stereocenters. The molecule has 422 valence electrons. The molecule has 6 N–H and O–H groups in total. The predicted octanol–water partition coefficient (Wildman–Crippen LogP) is 2.52. The number of hydrogen-bond donors (Lipinski definition) is 6. The highest BCUT2D eigenvalue weighted by molar-refractivity contribution is 6.12. The van der Waals surface area contributed by atoms with Gasteiger partial charge in [-0.25, -0.2) is 14.2 Å². The summed E-state index contributed by atoms with van der Waals surface area (Å²) in [6, 6.07) is 16.6. The molecule has 3 aliphatic heterocycles. The number of nitrogens with one attached hydrogen (secondary N) is 5. The first-order chi connectivity index (χ1) is 38.9. The molecule has 7 amide bonds. The van der Waals surface area contributed by atoms with Crippen LogP contribution in [0, 0.1) is 12.7 Å². The zero-order chi connectivity index (χ0) is 57.5. The van der Waals surface area contributed by atoms with Gasteiger partial charge in [-0.05, 0) is 85.0 Å². The number of hydrogen-bond acceptors (Lipinski definition) is 15. The van der Waals surface area contributed by atoms with E-state index in [1.54, 1.807) is 74.5 Å². The van der Waals surface area contributed by atoms with Gasteiger partial charge in [0.25, 0.3) is 29.2 Å². The number of carbonyl (C=O) groups is 9. The lowest BCUT2D eigenvalue weighted by molar-refractivity contribution is -0.172. The largest absolute Gasteiger partial charge is 0.458 e. The summed E-state index contributed by atoms with van der Waals surface area (Å²) in [6.45, 7) is 1.42. The van der Waals surface area contributed by atoms with Crippen LogP contribution < -0.4 is 32.1 Å². The molecule has 0 saturated heterocycles. The molecule has 0 fully saturated rings. The minimum Gasteiger partial charge on any atom is -0.458 e. The number of aliphatic hydroxyl groups is 1. The van der Waals surface area contributed by atoms with Crippen LogP contribution in [0.5, 0.6) is 0 Å². The van der Waals surface area contributed by atoms with Gasteiger partial charge in [0, 0.05) is 59.7 Å². The van der Waals surface area contributed by atoms with Gasteiger partial charge in [0.15, 0.2) is 12.2 Å². The van der Waals surface area contributed by atoms with Crippen molar-refractivity contribution in [3.8, 4) is 11.4 Å². The van der Waals surface area contributed by atoms with Gasteiger partial charge in [-0.3, -0.25) is 48.1 Å². The molecule has 5 aromatic rings. The number of unbranched alkanes of at least 4 members (excludes halogenated alkanes) is 2. The maximum absolute atomic E-state index is 15.4. The van der Waals surface area contributed by atoms with Gasteiger partial charge in [-0.1, -0.05) is 55.8 Å². The first-order valence-electron chi connectivity index (χ1n) is 26.6. The van der Waals surface area contributed by atoms with Crippen LogP contribution in [0.3, 0.4) is 0 Å². The molecule has 9 rings (SSSR count). The lowest BCUT2D eigenvalue weighted by Gasteiger charge is -2.31. The molecule has 4 aliphatic rings. The topological polar surface area (TPSA) is 300 Å². The van der Waals surface area contributed by atoms with E-state index < -0.39 is 90.2 Å². The van der Waals surface area contributed by atoms with E-state index in [2.05, 4.69) is 26.6 Å². The Bertz CT molecular complexity index is 3460. The van der Waals surface area contributed by atoms with Crippen LogP contribution in [-0.2, 0) is 90.8 Å². The predicted molar refractivity (Wildman–Crippen MR) is 285 cm³/mol. The third kappa shape index (κ3) is 12.4. The van der Waals surface area contributed by atoms with E-state index in [1.807, 2.05) is 0 Å². The second kappa shape index (κ2) is 24.6. The van der Waals surface area contributed by atoms with Gasteiger partial charge in [-0.15, -0.1) is 0 Å². The van der Waals surface area contributed by atoms with Crippen molar-refractivity contribution in [1.29, 1.82) is 0 Å². The summed E-state index contributed by atoms with van der Waals surface area (Å²) in [5, 5.41) is 25.2. The first-order valence-corrected chi connectivity index (χ1v) is 26.6. The van der Waals surface area contributed by atoms with Crippen molar-refractivity contribution in [3.05, 3.63) is 145 Å². The van der Waals surface area contributed by atoms with E-state index in [1.165, 1.54) is 22.8 Å². The number of aromatic nitrogens is 2. The highest BCUT2D eigenvalue weighted by atomic mass is 19.1. The van der Waals surface area contributed by atoms with Crippen molar-refractivity contribution >= 4 is 64.2 Å².